The summed E-state index contributed by atoms with van der Waals surface area (Å²) in [4.78, 5) is 25.6. The van der Waals surface area contributed by atoms with E-state index in [1.54, 1.807) is 6.07 Å². The van der Waals surface area contributed by atoms with Crippen LogP contribution in [0.5, 0.6) is 0 Å². The van der Waals surface area contributed by atoms with Crippen molar-refractivity contribution >= 4 is 16.7 Å². The minimum absolute atomic E-state index is 0.155. The van der Waals surface area contributed by atoms with Crippen LogP contribution in [-0.2, 0) is 17.9 Å². The summed E-state index contributed by atoms with van der Waals surface area (Å²) in [6.45, 7) is 1.95. The molecule has 5 rings (SSSR count). The lowest BCUT2D eigenvalue weighted by molar-refractivity contribution is -0.122. The van der Waals surface area contributed by atoms with E-state index in [9.17, 15) is 9.59 Å². The lowest BCUT2D eigenvalue weighted by Gasteiger charge is -2.09. The van der Waals surface area contributed by atoms with Gasteiger partial charge in [0.2, 0.25) is 5.91 Å². The fourth-order valence-corrected chi connectivity index (χ4v) is 3.99. The smallest absolute Gasteiger partial charge is 0.275 e. The molecule has 0 aliphatic carbocycles. The van der Waals surface area contributed by atoms with Gasteiger partial charge in [-0.05, 0) is 25.1 Å². The third-order valence-electron chi connectivity index (χ3n) is 5.68. The minimum Gasteiger partial charge on any atom is -0.350 e. The fourth-order valence-electron chi connectivity index (χ4n) is 3.99. The van der Waals surface area contributed by atoms with Crippen LogP contribution in [0.15, 0.2) is 95.9 Å². The molecule has 34 heavy (non-hydrogen) atoms. The lowest BCUT2D eigenvalue weighted by atomic mass is 10.1. The van der Waals surface area contributed by atoms with Crippen molar-refractivity contribution in [3.63, 3.8) is 0 Å². The highest BCUT2D eigenvalue weighted by molar-refractivity contribution is 5.83. The number of fused-ring (bicyclic) bond motifs is 1. The lowest BCUT2D eigenvalue weighted by Crippen LogP contribution is -2.33. The maximum atomic E-state index is 12.8. The van der Waals surface area contributed by atoms with Crippen molar-refractivity contribution in [1.82, 2.24) is 24.9 Å². The predicted octanol–water partition coefficient (Wildman–Crippen LogP) is 3.87. The Morgan fingerprint density at radius 1 is 0.853 bits per heavy atom. The van der Waals surface area contributed by atoms with E-state index in [4.69, 9.17) is 5.10 Å². The topological polar surface area (TPSA) is 81.8 Å². The third-order valence-corrected chi connectivity index (χ3v) is 5.68. The average Bonchev–Trinajstić information content (AvgIpc) is 3.31. The normalized spacial score (nSPS) is 11.0. The second-order valence-electron chi connectivity index (χ2n) is 8.02. The molecule has 0 spiro atoms. The second kappa shape index (κ2) is 9.15. The number of aryl methyl sites for hydroxylation is 1. The molecule has 0 saturated heterocycles. The average molecular weight is 450 g/mol. The zero-order valence-corrected chi connectivity index (χ0v) is 18.7. The quantitative estimate of drug-likeness (QED) is 0.427. The molecule has 0 saturated carbocycles. The van der Waals surface area contributed by atoms with Gasteiger partial charge in [0.25, 0.3) is 5.56 Å². The zero-order chi connectivity index (χ0) is 23.5. The highest BCUT2D eigenvalue weighted by Crippen LogP contribution is 2.23. The summed E-state index contributed by atoms with van der Waals surface area (Å²) in [6.07, 6.45) is 1.92. The van der Waals surface area contributed by atoms with Crippen molar-refractivity contribution in [3.05, 3.63) is 113 Å². The molecule has 0 aliphatic heterocycles. The van der Waals surface area contributed by atoms with Crippen LogP contribution >= 0.6 is 0 Å². The van der Waals surface area contributed by atoms with E-state index in [1.165, 1.54) is 4.68 Å². The molecule has 7 nitrogen and oxygen atoms in total. The predicted molar refractivity (Wildman–Crippen MR) is 132 cm³/mol. The molecular formula is C27H23N5O2. The molecule has 1 amide bonds. The molecule has 0 aliphatic rings. The number of nitrogens with one attached hydrogen (secondary N) is 1. The van der Waals surface area contributed by atoms with Crippen molar-refractivity contribution in [1.29, 1.82) is 0 Å². The van der Waals surface area contributed by atoms with Crippen molar-refractivity contribution < 1.29 is 4.79 Å². The third kappa shape index (κ3) is 4.23. The highest BCUT2D eigenvalue weighted by Gasteiger charge is 2.15. The van der Waals surface area contributed by atoms with Gasteiger partial charge in [0.1, 0.15) is 6.54 Å². The largest absolute Gasteiger partial charge is 0.350 e. The van der Waals surface area contributed by atoms with Gasteiger partial charge in [-0.2, -0.15) is 10.2 Å². The molecular weight excluding hydrogens is 426 g/mol. The minimum atomic E-state index is -0.296. The first-order valence-corrected chi connectivity index (χ1v) is 11.0. The zero-order valence-electron chi connectivity index (χ0n) is 18.7. The van der Waals surface area contributed by atoms with E-state index < -0.39 is 0 Å². The molecule has 5 aromatic rings. The monoisotopic (exact) mass is 449 g/mol. The van der Waals surface area contributed by atoms with Crippen LogP contribution in [0.1, 0.15) is 11.3 Å². The van der Waals surface area contributed by atoms with Gasteiger partial charge in [-0.1, -0.05) is 66.7 Å². The summed E-state index contributed by atoms with van der Waals surface area (Å²) in [5.41, 5.74) is 3.99. The number of carbonyl (C=O) groups is 1. The van der Waals surface area contributed by atoms with Crippen LogP contribution in [-0.4, -0.2) is 25.5 Å². The Labute approximate surface area is 196 Å². The summed E-state index contributed by atoms with van der Waals surface area (Å²) >= 11 is 0. The van der Waals surface area contributed by atoms with E-state index in [0.717, 1.165) is 27.9 Å². The molecule has 2 aromatic heterocycles. The molecule has 0 radical (unpaired) electrons. The number of amides is 1. The van der Waals surface area contributed by atoms with E-state index in [2.05, 4.69) is 10.4 Å². The number of hydrogen-bond acceptors (Lipinski definition) is 4. The Kier molecular flexibility index (Phi) is 5.74. The van der Waals surface area contributed by atoms with Gasteiger partial charge in [0.15, 0.2) is 0 Å². The molecule has 168 valence electrons. The number of aromatic nitrogens is 4. The Morgan fingerprint density at radius 2 is 1.50 bits per heavy atom. The summed E-state index contributed by atoms with van der Waals surface area (Å²) in [5, 5.41) is 13.4. The van der Waals surface area contributed by atoms with Crippen molar-refractivity contribution in [2.75, 3.05) is 0 Å². The first kappa shape index (κ1) is 21.3. The summed E-state index contributed by atoms with van der Waals surface area (Å²) in [6, 6.07) is 27.0. The standard InChI is InChI=1S/C27H23N5O2/c1-19-23-14-8-9-15-24(23)27(34)32(29-19)18-25(33)28-16-21-17-31(22-12-6-3-7-13-22)30-26(21)20-10-4-2-5-11-20/h2-15,17H,16,18H2,1H3,(H,28,33). The summed E-state index contributed by atoms with van der Waals surface area (Å²) in [5.74, 6) is -0.296. The molecule has 0 bridgehead atoms. The van der Waals surface area contributed by atoms with Crippen molar-refractivity contribution in [2.45, 2.75) is 20.0 Å². The van der Waals surface area contributed by atoms with Crippen LogP contribution in [0.2, 0.25) is 0 Å². The first-order chi connectivity index (χ1) is 16.6. The molecule has 2 heterocycles. The molecule has 3 aromatic carbocycles. The molecule has 0 unspecified atom stereocenters. The second-order valence-corrected chi connectivity index (χ2v) is 8.02. The Hall–Kier alpha value is -4.52. The number of nitrogens with zero attached hydrogens (tertiary/aromatic N) is 4. The highest BCUT2D eigenvalue weighted by atomic mass is 16.2. The van der Waals surface area contributed by atoms with Crippen LogP contribution in [0.4, 0.5) is 0 Å². The number of carbonyl (C=O) groups excluding carboxylic acids is 1. The van der Waals surface area contributed by atoms with Crippen LogP contribution < -0.4 is 10.9 Å². The van der Waals surface area contributed by atoms with Crippen molar-refractivity contribution in [3.8, 4) is 16.9 Å². The van der Waals surface area contributed by atoms with Gasteiger partial charge in [-0.3, -0.25) is 9.59 Å². The van der Waals surface area contributed by atoms with Gasteiger partial charge in [-0.25, -0.2) is 9.36 Å². The fraction of sp³-hybridized carbons (Fsp3) is 0.111. The molecule has 0 fully saturated rings. The van der Waals surface area contributed by atoms with Crippen LogP contribution in [0.3, 0.4) is 0 Å². The maximum absolute atomic E-state index is 12.8. The summed E-state index contributed by atoms with van der Waals surface area (Å²) in [7, 11) is 0. The Balaban J connectivity index is 1.39. The van der Waals surface area contributed by atoms with E-state index in [1.807, 2.05) is 96.7 Å². The van der Waals surface area contributed by atoms with E-state index >= 15 is 0 Å². The van der Waals surface area contributed by atoms with Gasteiger partial charge >= 0.3 is 0 Å². The molecule has 0 atom stereocenters. The number of benzene rings is 3. The molecule has 7 heteroatoms. The van der Waals surface area contributed by atoms with Crippen molar-refractivity contribution in [2.24, 2.45) is 0 Å². The Bertz CT molecular complexity index is 1520. The van der Waals surface area contributed by atoms with Gasteiger partial charge in [0, 0.05) is 29.3 Å². The van der Waals surface area contributed by atoms with Crippen LogP contribution in [0, 0.1) is 6.92 Å². The first-order valence-electron chi connectivity index (χ1n) is 11.0. The van der Waals surface area contributed by atoms with Crippen LogP contribution in [0.25, 0.3) is 27.7 Å². The SMILES string of the molecule is Cc1nn(CC(=O)NCc2cn(-c3ccccc3)nc2-c2ccccc2)c(=O)c2ccccc12. The number of rotatable bonds is 6. The summed E-state index contributed by atoms with van der Waals surface area (Å²) < 4.78 is 3.03. The van der Waals surface area contributed by atoms with E-state index in [-0.39, 0.29) is 24.6 Å². The van der Waals surface area contributed by atoms with Gasteiger partial charge in [-0.15, -0.1) is 0 Å². The maximum Gasteiger partial charge on any atom is 0.275 e. The van der Waals surface area contributed by atoms with E-state index in [0.29, 0.717) is 11.1 Å². The number of hydrogen-bond donors (Lipinski definition) is 1. The van der Waals surface area contributed by atoms with Gasteiger partial charge in [0.05, 0.1) is 22.5 Å². The Morgan fingerprint density at radius 3 is 2.24 bits per heavy atom. The van der Waals surface area contributed by atoms with Gasteiger partial charge < -0.3 is 5.32 Å². The number of para-hydroxylation sites is 1. The molecule has 1 N–H and O–H groups in total.